The number of benzene rings is 2. The van der Waals surface area contributed by atoms with E-state index < -0.39 is 5.60 Å². The van der Waals surface area contributed by atoms with Gasteiger partial charge in [-0.2, -0.15) is 0 Å². The molecule has 3 aromatic rings. The Morgan fingerprint density at radius 2 is 1.57 bits per heavy atom. The van der Waals surface area contributed by atoms with Crippen LogP contribution in [0.5, 0.6) is 0 Å². The highest BCUT2D eigenvalue weighted by molar-refractivity contribution is 8.00. The van der Waals surface area contributed by atoms with Crippen molar-refractivity contribution >= 4 is 11.8 Å². The fraction of sp³-hybridized carbons (Fsp3) is 0.517. The molecule has 1 saturated carbocycles. The number of nitrogens with zero attached hydrogens (tertiary/aromatic N) is 3. The maximum atomic E-state index is 12.1. The van der Waals surface area contributed by atoms with Crippen LogP contribution in [0.15, 0.2) is 70.0 Å². The molecule has 3 saturated heterocycles. The molecule has 1 unspecified atom stereocenters. The number of fused-ring (bicyclic) bond motifs is 3. The van der Waals surface area contributed by atoms with Crippen LogP contribution in [0.3, 0.4) is 0 Å². The van der Waals surface area contributed by atoms with Crippen molar-refractivity contribution in [1.82, 2.24) is 10.2 Å². The quantitative estimate of drug-likeness (QED) is 0.425. The molecule has 3 aliphatic heterocycles. The van der Waals surface area contributed by atoms with E-state index in [4.69, 9.17) is 4.42 Å². The van der Waals surface area contributed by atoms with Gasteiger partial charge in [-0.25, -0.2) is 0 Å². The number of rotatable bonds is 7. The van der Waals surface area contributed by atoms with Crippen molar-refractivity contribution in [1.29, 1.82) is 0 Å². The van der Waals surface area contributed by atoms with Gasteiger partial charge in [0.25, 0.3) is 11.8 Å². The van der Waals surface area contributed by atoms with Crippen molar-refractivity contribution in [2.75, 3.05) is 19.6 Å². The zero-order valence-corrected chi connectivity index (χ0v) is 21.2. The molecule has 4 fully saturated rings. The van der Waals surface area contributed by atoms with E-state index in [1.165, 1.54) is 37.2 Å². The van der Waals surface area contributed by atoms with Gasteiger partial charge < -0.3 is 14.0 Å². The lowest BCUT2D eigenvalue weighted by atomic mass is 9.73. The molecule has 0 spiro atoms. The fourth-order valence-electron chi connectivity index (χ4n) is 6.76. The number of thioether (sulfide) groups is 1. The van der Waals surface area contributed by atoms with Crippen molar-refractivity contribution in [3.05, 3.63) is 78.0 Å². The lowest BCUT2D eigenvalue weighted by molar-refractivity contribution is -0.955. The Labute approximate surface area is 212 Å². The van der Waals surface area contributed by atoms with Gasteiger partial charge in [0.1, 0.15) is 0 Å². The van der Waals surface area contributed by atoms with Gasteiger partial charge in [0.2, 0.25) is 0 Å². The highest BCUT2D eigenvalue weighted by Gasteiger charge is 2.48. The minimum atomic E-state index is -1.21. The van der Waals surface area contributed by atoms with Crippen molar-refractivity contribution in [3.63, 3.8) is 0 Å². The van der Waals surface area contributed by atoms with Gasteiger partial charge in [-0.15, -0.1) is 22.0 Å². The van der Waals surface area contributed by atoms with E-state index in [-0.39, 0.29) is 5.92 Å². The molecule has 0 amide bonds. The van der Waals surface area contributed by atoms with Gasteiger partial charge >= 0.3 is 0 Å². The molecule has 5 nitrogen and oxygen atoms in total. The topological polar surface area (TPSA) is 59.2 Å². The third-order valence-electron chi connectivity index (χ3n) is 8.75. The predicted octanol–water partition coefficient (Wildman–Crippen LogP) is 5.79. The normalized spacial score (nSPS) is 28.6. The second-order valence-electron chi connectivity index (χ2n) is 10.9. The van der Waals surface area contributed by atoms with E-state index in [0.717, 1.165) is 54.7 Å². The molecular weight excluding hydrogens is 454 g/mol. The summed E-state index contributed by atoms with van der Waals surface area (Å²) in [6.07, 6.45) is 8.03. The Bertz CT molecular complexity index is 1110. The van der Waals surface area contributed by atoms with Gasteiger partial charge in [-0.1, -0.05) is 67.8 Å². The number of aromatic nitrogens is 2. The lowest BCUT2D eigenvalue weighted by Gasteiger charge is -2.51. The van der Waals surface area contributed by atoms with Crippen LogP contribution in [0.25, 0.3) is 0 Å². The molecule has 1 N–H and O–H groups in total. The lowest BCUT2D eigenvalue weighted by Crippen LogP contribution is -2.62. The highest BCUT2D eigenvalue weighted by Crippen LogP contribution is 2.45. The summed E-state index contributed by atoms with van der Waals surface area (Å²) < 4.78 is 7.39. The highest BCUT2D eigenvalue weighted by atomic mass is 32.2. The van der Waals surface area contributed by atoms with Crippen LogP contribution in [-0.4, -0.2) is 44.7 Å². The van der Waals surface area contributed by atoms with Gasteiger partial charge in [-0.3, -0.25) is 0 Å². The third-order valence-corrected chi connectivity index (χ3v) is 10.1. The minimum absolute atomic E-state index is 0.108. The standard InChI is InChI=1S/C29H36N3O2S/c33-29(23-10-4-1-5-11-23,24-12-6-2-7-13-24)28-31-30-27(34-28)21-32-18-16-22(17-19-32)26(20-32)35-25-14-8-3-9-15-25/h1,3-5,8-11,14-15,22,24,26,33H,2,6-7,12-13,16-21H2/q+1/t22?,26?,29-,32?/m0/s1. The smallest absolute Gasteiger partial charge is 0.271 e. The summed E-state index contributed by atoms with van der Waals surface area (Å²) in [7, 11) is 0. The second-order valence-corrected chi connectivity index (χ2v) is 12.2. The Morgan fingerprint density at radius 1 is 0.886 bits per heavy atom. The number of hydrogen-bond acceptors (Lipinski definition) is 5. The van der Waals surface area contributed by atoms with Gasteiger partial charge in [-0.05, 0) is 36.5 Å². The molecule has 4 aliphatic rings. The summed E-state index contributed by atoms with van der Waals surface area (Å²) in [4.78, 5) is 1.37. The Morgan fingerprint density at radius 3 is 2.29 bits per heavy atom. The van der Waals surface area contributed by atoms with Crippen molar-refractivity contribution < 1.29 is 14.0 Å². The fourth-order valence-corrected chi connectivity index (χ4v) is 8.27. The monoisotopic (exact) mass is 490 g/mol. The average Bonchev–Trinajstić information content (AvgIpc) is 3.39. The van der Waals surface area contributed by atoms with Crippen LogP contribution < -0.4 is 0 Å². The molecule has 7 rings (SSSR count). The number of aliphatic hydroxyl groups is 1. The summed E-state index contributed by atoms with van der Waals surface area (Å²) in [5.41, 5.74) is -0.347. The molecule has 2 atom stereocenters. The van der Waals surface area contributed by atoms with E-state index in [0.29, 0.717) is 17.0 Å². The Kier molecular flexibility index (Phi) is 6.46. The molecule has 1 aromatic heterocycles. The number of piperidine rings is 3. The van der Waals surface area contributed by atoms with Crippen LogP contribution in [0, 0.1) is 11.8 Å². The van der Waals surface area contributed by atoms with E-state index >= 15 is 0 Å². The van der Waals surface area contributed by atoms with Crippen molar-refractivity contribution in [2.45, 2.75) is 67.2 Å². The van der Waals surface area contributed by atoms with Crippen LogP contribution >= 0.6 is 11.8 Å². The Hall–Kier alpha value is -2.15. The van der Waals surface area contributed by atoms with Gasteiger partial charge in [0.15, 0.2) is 12.1 Å². The molecule has 4 heterocycles. The number of quaternary nitrogens is 1. The van der Waals surface area contributed by atoms with Crippen LogP contribution in [0.4, 0.5) is 0 Å². The maximum absolute atomic E-state index is 12.1. The van der Waals surface area contributed by atoms with E-state index in [9.17, 15) is 5.11 Å². The summed E-state index contributed by atoms with van der Waals surface area (Å²) >= 11 is 2.04. The van der Waals surface area contributed by atoms with E-state index in [1.807, 2.05) is 42.1 Å². The predicted molar refractivity (Wildman–Crippen MR) is 138 cm³/mol. The summed E-state index contributed by atoms with van der Waals surface area (Å²) in [5.74, 6) is 1.96. The molecule has 35 heavy (non-hydrogen) atoms. The van der Waals surface area contributed by atoms with Gasteiger partial charge in [0, 0.05) is 23.7 Å². The molecule has 1 aliphatic carbocycles. The van der Waals surface area contributed by atoms with Gasteiger partial charge in [0.05, 0.1) is 24.9 Å². The molecule has 184 valence electrons. The maximum Gasteiger partial charge on any atom is 0.271 e. The van der Waals surface area contributed by atoms with Crippen LogP contribution in [0.1, 0.15) is 62.3 Å². The summed E-state index contributed by atoms with van der Waals surface area (Å²) in [5, 5.41) is 21.8. The largest absolute Gasteiger partial charge is 0.416 e. The van der Waals surface area contributed by atoms with E-state index in [1.54, 1.807) is 0 Å². The zero-order chi connectivity index (χ0) is 23.7. The van der Waals surface area contributed by atoms with Crippen LogP contribution in [-0.2, 0) is 12.1 Å². The van der Waals surface area contributed by atoms with Crippen molar-refractivity contribution in [2.24, 2.45) is 11.8 Å². The summed E-state index contributed by atoms with van der Waals surface area (Å²) in [6, 6.07) is 20.8. The zero-order valence-electron chi connectivity index (χ0n) is 20.4. The van der Waals surface area contributed by atoms with Crippen LogP contribution in [0.2, 0.25) is 0 Å². The molecule has 6 heteroatoms. The first kappa shape index (κ1) is 23.3. The first-order valence-corrected chi connectivity index (χ1v) is 14.2. The first-order chi connectivity index (χ1) is 17.1. The molecule has 0 radical (unpaired) electrons. The third kappa shape index (κ3) is 4.56. The molecular formula is C29H36N3O2S+. The van der Waals surface area contributed by atoms with E-state index in [2.05, 4.69) is 40.5 Å². The van der Waals surface area contributed by atoms with Crippen molar-refractivity contribution in [3.8, 4) is 0 Å². The summed E-state index contributed by atoms with van der Waals surface area (Å²) in [6.45, 7) is 4.27. The minimum Gasteiger partial charge on any atom is -0.416 e. The second kappa shape index (κ2) is 9.72. The number of hydrogen-bond donors (Lipinski definition) is 1. The average molecular weight is 491 g/mol. The molecule has 2 aromatic carbocycles. The Balaban J connectivity index is 1.24. The SMILES string of the molecule is O[C@](c1ccccc1)(c1nnc(C[N+]23CCC(CC2)C(Sc2ccccc2)C3)o1)C1CCCCC1. The molecule has 2 bridgehead atoms. The first-order valence-electron chi connectivity index (χ1n) is 13.3.